The maximum absolute atomic E-state index is 5.80. The average molecular weight is 283 g/mol. The molecule has 2 N–H and O–H groups in total. The summed E-state index contributed by atoms with van der Waals surface area (Å²) in [5, 5.41) is 0. The number of nitrogens with zero attached hydrogens (tertiary/aromatic N) is 4. The Bertz CT molecular complexity index is 591. The maximum Gasteiger partial charge on any atom is 0.221 e. The van der Waals surface area contributed by atoms with Crippen LogP contribution >= 0.6 is 0 Å². The third-order valence-electron chi connectivity index (χ3n) is 3.90. The summed E-state index contributed by atoms with van der Waals surface area (Å²) in [5.74, 6) is 1.33. The molecule has 0 unspecified atom stereocenters. The molecule has 5 heteroatoms. The first-order valence-corrected chi connectivity index (χ1v) is 7.31. The van der Waals surface area contributed by atoms with E-state index in [0.29, 0.717) is 5.95 Å². The summed E-state index contributed by atoms with van der Waals surface area (Å²) in [4.78, 5) is 13.3. The zero-order chi connectivity index (χ0) is 14.7. The van der Waals surface area contributed by atoms with Crippen LogP contribution in [0, 0.1) is 0 Å². The van der Waals surface area contributed by atoms with Gasteiger partial charge in [-0.3, -0.25) is 0 Å². The molecule has 21 heavy (non-hydrogen) atoms. The van der Waals surface area contributed by atoms with E-state index in [-0.39, 0.29) is 0 Å². The predicted octanol–water partition coefficient (Wildman–Crippen LogP) is 1.40. The zero-order valence-corrected chi connectivity index (χ0v) is 12.4. The monoisotopic (exact) mass is 283 g/mol. The highest BCUT2D eigenvalue weighted by molar-refractivity contribution is 5.51. The van der Waals surface area contributed by atoms with Gasteiger partial charge in [-0.25, -0.2) is 4.98 Å². The van der Waals surface area contributed by atoms with E-state index in [1.54, 1.807) is 0 Å². The van der Waals surface area contributed by atoms with Crippen LogP contribution in [0.4, 0.5) is 11.8 Å². The van der Waals surface area contributed by atoms with Crippen molar-refractivity contribution in [2.24, 2.45) is 0 Å². The Labute approximate surface area is 125 Å². The molecule has 1 aliphatic rings. The van der Waals surface area contributed by atoms with Crippen molar-refractivity contribution < 1.29 is 0 Å². The van der Waals surface area contributed by atoms with Gasteiger partial charge in [-0.15, -0.1) is 0 Å². The Morgan fingerprint density at radius 1 is 1.10 bits per heavy atom. The molecule has 1 aromatic heterocycles. The maximum atomic E-state index is 5.80. The van der Waals surface area contributed by atoms with Crippen molar-refractivity contribution in [2.45, 2.75) is 6.42 Å². The molecule has 1 aliphatic heterocycles. The summed E-state index contributed by atoms with van der Waals surface area (Å²) in [6.07, 6.45) is 2.70. The molecule has 0 spiro atoms. The second-order valence-electron chi connectivity index (χ2n) is 5.53. The van der Waals surface area contributed by atoms with Crippen LogP contribution in [0.2, 0.25) is 0 Å². The summed E-state index contributed by atoms with van der Waals surface area (Å²) in [6, 6.07) is 10.4. The largest absolute Gasteiger partial charge is 0.368 e. The van der Waals surface area contributed by atoms with E-state index in [1.165, 1.54) is 5.56 Å². The van der Waals surface area contributed by atoms with E-state index >= 15 is 0 Å². The van der Waals surface area contributed by atoms with Crippen LogP contribution in [0.1, 0.15) is 11.1 Å². The summed E-state index contributed by atoms with van der Waals surface area (Å²) >= 11 is 0. The van der Waals surface area contributed by atoms with Crippen molar-refractivity contribution in [3.05, 3.63) is 47.7 Å². The molecule has 2 aromatic rings. The van der Waals surface area contributed by atoms with E-state index < -0.39 is 0 Å². The van der Waals surface area contributed by atoms with Gasteiger partial charge in [0, 0.05) is 44.4 Å². The Balaban J connectivity index is 1.86. The van der Waals surface area contributed by atoms with E-state index in [0.717, 1.165) is 44.0 Å². The molecule has 3 rings (SSSR count). The van der Waals surface area contributed by atoms with Crippen LogP contribution in [0.3, 0.4) is 0 Å². The van der Waals surface area contributed by atoms with E-state index in [4.69, 9.17) is 5.73 Å². The van der Waals surface area contributed by atoms with Gasteiger partial charge in [-0.05, 0) is 12.6 Å². The van der Waals surface area contributed by atoms with Gasteiger partial charge in [0.2, 0.25) is 5.95 Å². The van der Waals surface area contributed by atoms with Gasteiger partial charge < -0.3 is 15.5 Å². The number of benzene rings is 1. The van der Waals surface area contributed by atoms with Gasteiger partial charge in [-0.1, -0.05) is 30.3 Å². The van der Waals surface area contributed by atoms with E-state index in [9.17, 15) is 0 Å². The van der Waals surface area contributed by atoms with E-state index in [1.807, 2.05) is 12.3 Å². The van der Waals surface area contributed by atoms with Crippen molar-refractivity contribution >= 4 is 11.8 Å². The molecule has 2 heterocycles. The van der Waals surface area contributed by atoms with Crippen LogP contribution < -0.4 is 10.6 Å². The molecular formula is C16H21N5. The number of nitrogens with two attached hydrogens (primary N) is 1. The molecular weight excluding hydrogens is 262 g/mol. The Morgan fingerprint density at radius 2 is 1.81 bits per heavy atom. The topological polar surface area (TPSA) is 58.3 Å². The first kappa shape index (κ1) is 13.8. The molecule has 0 amide bonds. The van der Waals surface area contributed by atoms with Gasteiger partial charge in [0.05, 0.1) is 0 Å². The smallest absolute Gasteiger partial charge is 0.221 e. The van der Waals surface area contributed by atoms with Gasteiger partial charge in [0.15, 0.2) is 0 Å². The minimum atomic E-state index is 0.348. The normalized spacial score (nSPS) is 16.1. The van der Waals surface area contributed by atoms with Crippen LogP contribution in [-0.4, -0.2) is 48.1 Å². The number of aromatic nitrogens is 2. The Morgan fingerprint density at radius 3 is 2.52 bits per heavy atom. The van der Waals surface area contributed by atoms with Gasteiger partial charge in [0.1, 0.15) is 5.82 Å². The quantitative estimate of drug-likeness (QED) is 0.923. The fraction of sp³-hybridized carbons (Fsp3) is 0.375. The highest BCUT2D eigenvalue weighted by Gasteiger charge is 2.19. The molecule has 5 nitrogen and oxygen atoms in total. The van der Waals surface area contributed by atoms with Crippen molar-refractivity contribution in [2.75, 3.05) is 43.9 Å². The van der Waals surface area contributed by atoms with Crippen molar-refractivity contribution in [3.63, 3.8) is 0 Å². The number of hydrogen-bond donors (Lipinski definition) is 1. The first-order valence-electron chi connectivity index (χ1n) is 7.31. The van der Waals surface area contributed by atoms with Crippen LogP contribution in [0.5, 0.6) is 0 Å². The van der Waals surface area contributed by atoms with Gasteiger partial charge in [0.25, 0.3) is 0 Å². The molecule has 1 saturated heterocycles. The third kappa shape index (κ3) is 3.31. The molecule has 0 radical (unpaired) electrons. The number of hydrogen-bond acceptors (Lipinski definition) is 5. The lowest BCUT2D eigenvalue weighted by molar-refractivity contribution is 0.312. The summed E-state index contributed by atoms with van der Waals surface area (Å²) < 4.78 is 0. The fourth-order valence-corrected chi connectivity index (χ4v) is 2.64. The molecule has 0 saturated carbocycles. The zero-order valence-electron chi connectivity index (χ0n) is 12.4. The van der Waals surface area contributed by atoms with Crippen molar-refractivity contribution in [1.82, 2.24) is 14.9 Å². The summed E-state index contributed by atoms with van der Waals surface area (Å²) in [6.45, 7) is 4.06. The molecule has 1 fully saturated rings. The van der Waals surface area contributed by atoms with Crippen LogP contribution in [-0.2, 0) is 6.42 Å². The lowest BCUT2D eigenvalue weighted by Gasteiger charge is -2.34. The second kappa shape index (κ2) is 6.10. The number of rotatable bonds is 3. The van der Waals surface area contributed by atoms with Gasteiger partial charge in [-0.2, -0.15) is 4.98 Å². The highest BCUT2D eigenvalue weighted by atomic mass is 15.3. The molecule has 0 bridgehead atoms. The second-order valence-corrected chi connectivity index (χ2v) is 5.53. The third-order valence-corrected chi connectivity index (χ3v) is 3.90. The molecule has 1 aromatic carbocycles. The predicted molar refractivity (Wildman–Crippen MR) is 85.4 cm³/mol. The van der Waals surface area contributed by atoms with E-state index in [2.05, 4.69) is 51.1 Å². The Kier molecular flexibility index (Phi) is 4.01. The lowest BCUT2D eigenvalue weighted by atomic mass is 10.1. The van der Waals surface area contributed by atoms with Crippen LogP contribution in [0.15, 0.2) is 36.5 Å². The summed E-state index contributed by atoms with van der Waals surface area (Å²) in [5.41, 5.74) is 8.20. The molecule has 0 atom stereocenters. The first-order chi connectivity index (χ1) is 10.2. The molecule has 0 aliphatic carbocycles. The number of anilines is 2. The summed E-state index contributed by atoms with van der Waals surface area (Å²) in [7, 11) is 2.15. The van der Waals surface area contributed by atoms with Crippen molar-refractivity contribution in [3.8, 4) is 0 Å². The minimum Gasteiger partial charge on any atom is -0.368 e. The SMILES string of the molecule is CN1CCN(c2nc(N)ncc2Cc2ccccc2)CC1. The van der Waals surface area contributed by atoms with Crippen molar-refractivity contribution in [1.29, 1.82) is 0 Å². The highest BCUT2D eigenvalue weighted by Crippen LogP contribution is 2.22. The number of likely N-dealkylation sites (N-methyl/N-ethyl adjacent to an activating group) is 1. The minimum absolute atomic E-state index is 0.348. The number of piperazine rings is 1. The Hall–Kier alpha value is -2.14. The van der Waals surface area contributed by atoms with Gasteiger partial charge >= 0.3 is 0 Å². The standard InChI is InChI=1S/C16H21N5/c1-20-7-9-21(10-8-20)15-14(12-18-16(17)19-15)11-13-5-3-2-4-6-13/h2-6,12H,7-11H2,1H3,(H2,17,18,19). The molecule has 110 valence electrons. The van der Waals surface area contributed by atoms with Crippen LogP contribution in [0.25, 0.3) is 0 Å². The fourth-order valence-electron chi connectivity index (χ4n) is 2.64. The number of nitrogen functional groups attached to an aromatic ring is 1. The average Bonchev–Trinajstić information content (AvgIpc) is 2.51. The lowest BCUT2D eigenvalue weighted by Crippen LogP contribution is -2.45.